The van der Waals surface area contributed by atoms with Gasteiger partial charge in [-0.25, -0.2) is 4.79 Å². The minimum atomic E-state index is -0.512. The maximum atomic E-state index is 12.3. The van der Waals surface area contributed by atoms with Crippen LogP contribution in [0.15, 0.2) is 237 Å². The van der Waals surface area contributed by atoms with Crippen molar-refractivity contribution in [1.29, 1.82) is 0 Å². The van der Waals surface area contributed by atoms with Crippen LogP contribution in [0.3, 0.4) is 0 Å². The van der Waals surface area contributed by atoms with E-state index in [1.807, 2.05) is 330 Å². The number of Topliss-reactive ketones (excluding diaryl/α,β-unsaturated/α-hetero) is 1. The van der Waals surface area contributed by atoms with Crippen LogP contribution in [0.5, 0.6) is 5.75 Å². The number of carbonyl (C=O) groups excluding carboxylic acids is 11. The predicted molar refractivity (Wildman–Crippen MR) is 525 cm³/mol. The number of benzene rings is 8. The number of carbonyl (C=O) groups is 11. The summed E-state index contributed by atoms with van der Waals surface area (Å²) in [5.41, 5.74) is 7.85. The number of esters is 10. The van der Waals surface area contributed by atoms with Crippen LogP contribution in [-0.2, 0) is 95.3 Å². The molecule has 0 aliphatic carbocycles. The third-order valence-electron chi connectivity index (χ3n) is 21.4. The van der Waals surface area contributed by atoms with Gasteiger partial charge in [0.15, 0.2) is 12.4 Å². The molecule has 0 radical (unpaired) electrons. The van der Waals surface area contributed by atoms with Crippen LogP contribution < -0.4 is 4.74 Å². The molecule has 8 rings (SSSR count). The number of rotatable bonds is 47. The largest absolute Gasteiger partial charge is 0.482 e. The second kappa shape index (κ2) is 63.6. The summed E-state index contributed by atoms with van der Waals surface area (Å²) < 4.78 is 58.3. The third kappa shape index (κ3) is 48.9. The molecule has 0 saturated heterocycles. The zero-order valence-electron chi connectivity index (χ0n) is 82.1. The van der Waals surface area contributed by atoms with E-state index in [0.29, 0.717) is 49.8 Å². The van der Waals surface area contributed by atoms with Gasteiger partial charge in [-0.3, -0.25) is 47.9 Å². The van der Waals surface area contributed by atoms with Crippen molar-refractivity contribution >= 4 is 81.4 Å². The van der Waals surface area contributed by atoms with Crippen molar-refractivity contribution in [3.8, 4) is 5.75 Å². The summed E-state index contributed by atoms with van der Waals surface area (Å²) in [4.78, 5) is 131. The van der Waals surface area contributed by atoms with Crippen molar-refractivity contribution in [2.24, 2.45) is 46.8 Å². The Morgan fingerprint density at radius 3 is 0.701 bits per heavy atom. The highest BCUT2D eigenvalue weighted by atomic mass is 79.9. The van der Waals surface area contributed by atoms with Gasteiger partial charge in [0, 0.05) is 47.0 Å². The van der Waals surface area contributed by atoms with Gasteiger partial charge in [0.05, 0.1) is 116 Å². The van der Waals surface area contributed by atoms with E-state index in [0.717, 1.165) is 38.9 Å². The Labute approximate surface area is 804 Å². The fourth-order valence-corrected chi connectivity index (χ4v) is 13.1. The molecule has 0 heterocycles. The summed E-state index contributed by atoms with van der Waals surface area (Å²) in [6.07, 6.45) is 2.00. The molecule has 0 aromatic heterocycles. The van der Waals surface area contributed by atoms with Gasteiger partial charge in [0.2, 0.25) is 0 Å². The van der Waals surface area contributed by atoms with E-state index in [1.54, 1.807) is 38.1 Å². The molecule has 0 fully saturated rings. The lowest BCUT2D eigenvalue weighted by Gasteiger charge is -2.19. The van der Waals surface area contributed by atoms with Crippen molar-refractivity contribution in [1.82, 2.24) is 0 Å². The van der Waals surface area contributed by atoms with Gasteiger partial charge in [-0.15, -0.1) is 0 Å². The van der Waals surface area contributed by atoms with Gasteiger partial charge in [-0.1, -0.05) is 339 Å². The van der Waals surface area contributed by atoms with E-state index >= 15 is 0 Å². The van der Waals surface area contributed by atoms with E-state index in [9.17, 15) is 52.7 Å². The molecule has 22 nitrogen and oxygen atoms in total. The van der Waals surface area contributed by atoms with Gasteiger partial charge in [-0.05, 0) is 119 Å². The van der Waals surface area contributed by atoms with Gasteiger partial charge >= 0.3 is 59.7 Å². The van der Waals surface area contributed by atoms with Crippen molar-refractivity contribution in [2.45, 2.75) is 216 Å². The molecule has 12 atom stereocenters. The zero-order valence-corrected chi connectivity index (χ0v) is 83.6. The minimum Gasteiger partial charge on any atom is -0.482 e. The minimum absolute atomic E-state index is 0.00122. The zero-order chi connectivity index (χ0) is 99.1. The SMILES string of the molecule is CC(COC(=O)CC(C)c1ccccc1)COC(=O)C(Br)C(C)c1ccccc1.CC(COC(=O)CC(C)c1ccccc1)COC(=O)C(C)(C)C.CC(COC(=O)CC(C)c1ccccc1)COC(=O)C(C)C.CC(COC(=O)CC(C)c1ccccc1)COC(=O)CC(C)c1ccccc1.CC(COC(=O)COc1ccc(C(=O)C(C)C)cc1)COC(=O)CC(C)c1ccccc1. The average Bonchev–Trinajstić information content (AvgIpc) is 0.865. The Morgan fingerprint density at radius 1 is 0.254 bits per heavy atom. The van der Waals surface area contributed by atoms with Crippen molar-refractivity contribution in [2.75, 3.05) is 72.7 Å². The molecular formula is C111H145BrO22. The van der Waals surface area contributed by atoms with Crippen molar-refractivity contribution in [3.63, 3.8) is 0 Å². The standard InChI is InChI=1S/C26H32O6.C24H29BrO4.C24H30O4.C19H28O4.C18H26O4/c1-18(2)26(29)22-10-12-23(13-11-22)30-17-25(28)32-16-19(3)15-31-24(27)14-20(4)21-8-6-5-7-9-21;1-17(15-28-22(26)14-18(2)20-10-6-4-7-11-20)16-29-24(27)23(25)19(3)21-12-8-5-9-13-21;1-18(16-27-23(25)14-19(2)21-10-6-4-7-11-21)17-28-24(26)15-20(3)22-12-8-5-9-13-22;1-14(13-23-18(21)19(3,4)5)12-22-17(20)11-15(2)16-9-7-6-8-10-16;1-13(2)18(20)22-12-14(3)11-21-17(19)10-15(4)16-8-6-5-7-9-16/h5-13,18-20H,14-17H2,1-4H3;4-13,17-19,23H,14-16H2,1-3H3;4-13,18-20H,14-17H2,1-3H3;6-10,14-15H,11-13H2,1-5H3;5-9,13-15H,10-12H2,1-4H3. The smallest absolute Gasteiger partial charge is 0.344 e. The summed E-state index contributed by atoms with van der Waals surface area (Å²) >= 11 is 3.45. The lowest BCUT2D eigenvalue weighted by Crippen LogP contribution is -2.26. The van der Waals surface area contributed by atoms with Crippen molar-refractivity contribution < 1.29 is 105 Å². The van der Waals surface area contributed by atoms with Crippen LogP contribution in [0, 0.1) is 46.8 Å². The Hall–Kier alpha value is -11.6. The first-order valence-corrected chi connectivity index (χ1v) is 47.5. The van der Waals surface area contributed by atoms with Crippen LogP contribution in [-0.4, -0.2) is 143 Å². The Morgan fingerprint density at radius 2 is 0.470 bits per heavy atom. The number of alkyl halides is 1. The number of hydrogen-bond acceptors (Lipinski definition) is 22. The van der Waals surface area contributed by atoms with Crippen LogP contribution in [0.4, 0.5) is 0 Å². The van der Waals surface area contributed by atoms with E-state index < -0.39 is 16.2 Å². The Bertz CT molecular complexity index is 4640. The molecule has 0 spiro atoms. The molecular weight excluding hydrogens is 1770 g/mol. The van der Waals surface area contributed by atoms with Crippen LogP contribution in [0.1, 0.15) is 261 Å². The van der Waals surface area contributed by atoms with Crippen LogP contribution >= 0.6 is 15.9 Å². The van der Waals surface area contributed by atoms with Gasteiger partial charge in [0.25, 0.3) is 0 Å². The highest BCUT2D eigenvalue weighted by Crippen LogP contribution is 2.29. The first-order valence-electron chi connectivity index (χ1n) is 46.5. The third-order valence-corrected chi connectivity index (χ3v) is 22.5. The van der Waals surface area contributed by atoms with Crippen LogP contribution in [0.25, 0.3) is 0 Å². The van der Waals surface area contributed by atoms with E-state index in [-0.39, 0.29) is 215 Å². The Kier molecular flexibility index (Phi) is 54.4. The normalized spacial score (nSPS) is 13.8. The molecule has 0 amide bonds. The highest BCUT2D eigenvalue weighted by Gasteiger charge is 2.28. The summed E-state index contributed by atoms with van der Waals surface area (Å²) in [7, 11) is 0. The topological polar surface area (TPSA) is 289 Å². The maximum Gasteiger partial charge on any atom is 0.344 e. The monoisotopic (exact) mass is 1910 g/mol. The Balaban J connectivity index is 0.000000352. The molecule has 0 aliphatic rings. The predicted octanol–water partition coefficient (Wildman–Crippen LogP) is 22.9. The molecule has 8 aromatic rings. The van der Waals surface area contributed by atoms with E-state index in [1.165, 1.54) is 0 Å². The molecule has 23 heteroatoms. The van der Waals surface area contributed by atoms with Gasteiger partial charge in [0.1, 0.15) is 10.6 Å². The molecule has 0 aliphatic heterocycles. The number of hydrogen-bond donors (Lipinski definition) is 0. The summed E-state index contributed by atoms with van der Waals surface area (Å²) in [5, 5.41) is 0. The first kappa shape index (κ1) is 115. The van der Waals surface area contributed by atoms with Gasteiger partial charge in [-0.2, -0.15) is 0 Å². The molecule has 0 bridgehead atoms. The number of ketones is 1. The quantitative estimate of drug-likeness (QED) is 0.0148. The first-order chi connectivity index (χ1) is 63.7. The second-order valence-electron chi connectivity index (χ2n) is 36.6. The van der Waals surface area contributed by atoms with Gasteiger partial charge < -0.3 is 52.1 Å². The van der Waals surface area contributed by atoms with Crippen LogP contribution in [0.2, 0.25) is 0 Å². The summed E-state index contributed by atoms with van der Waals surface area (Å²) in [6, 6.07) is 75.8. The molecule has 12 unspecified atom stereocenters. The fourth-order valence-electron chi connectivity index (χ4n) is 12.6. The van der Waals surface area contributed by atoms with Crippen molar-refractivity contribution in [3.05, 3.63) is 281 Å². The molecule has 0 N–H and O–H groups in total. The molecule has 728 valence electrons. The number of ether oxygens (including phenoxy) is 11. The second-order valence-corrected chi connectivity index (χ2v) is 37.6. The fraction of sp³-hybridized carbons (Fsp3) is 0.468. The lowest BCUT2D eigenvalue weighted by molar-refractivity contribution is -0.156. The molecule has 0 saturated carbocycles. The average molecular weight is 1910 g/mol. The maximum absolute atomic E-state index is 12.3. The van der Waals surface area contributed by atoms with E-state index in [2.05, 4.69) is 15.9 Å². The highest BCUT2D eigenvalue weighted by molar-refractivity contribution is 9.10. The number of halogens is 1. The molecule has 134 heavy (non-hydrogen) atoms. The summed E-state index contributed by atoms with van der Waals surface area (Å²) in [6.45, 7) is 38.2. The summed E-state index contributed by atoms with van der Waals surface area (Å²) in [5.74, 6) is -1.99. The lowest BCUT2D eigenvalue weighted by atomic mass is 9.97. The molecule has 8 aromatic carbocycles. The van der Waals surface area contributed by atoms with E-state index in [4.69, 9.17) is 52.1 Å².